The van der Waals surface area contributed by atoms with E-state index in [0.717, 1.165) is 23.5 Å². The standard InChI is InChI=1S/C16H23NO4S/c1-21-13-7-4-5-8-14(13)22-12-10-15(18)17-11-6-2-3-9-16(19)20/h4-5,7-8H,2-3,6,9-12H2,1H3,(H,17,18)(H,19,20). The molecule has 22 heavy (non-hydrogen) atoms. The summed E-state index contributed by atoms with van der Waals surface area (Å²) in [6.45, 7) is 0.609. The summed E-state index contributed by atoms with van der Waals surface area (Å²) in [5, 5.41) is 11.4. The van der Waals surface area contributed by atoms with Crippen molar-refractivity contribution in [3.05, 3.63) is 24.3 Å². The molecule has 0 aliphatic heterocycles. The van der Waals surface area contributed by atoms with Crippen LogP contribution in [0.5, 0.6) is 5.75 Å². The van der Waals surface area contributed by atoms with E-state index in [1.165, 1.54) is 0 Å². The lowest BCUT2D eigenvalue weighted by Gasteiger charge is -2.08. The van der Waals surface area contributed by atoms with Crippen molar-refractivity contribution >= 4 is 23.6 Å². The Balaban J connectivity index is 2.09. The number of aliphatic carboxylic acids is 1. The second-order valence-corrected chi connectivity index (χ2v) is 5.94. The molecule has 0 aliphatic carbocycles. The zero-order chi connectivity index (χ0) is 16.2. The molecular formula is C16H23NO4S. The topological polar surface area (TPSA) is 75.6 Å². The minimum Gasteiger partial charge on any atom is -0.496 e. The second-order valence-electron chi connectivity index (χ2n) is 4.80. The molecule has 0 fully saturated rings. The van der Waals surface area contributed by atoms with Crippen molar-refractivity contribution in [2.45, 2.75) is 37.0 Å². The molecule has 6 heteroatoms. The minimum atomic E-state index is -0.766. The zero-order valence-corrected chi connectivity index (χ0v) is 13.7. The fourth-order valence-electron chi connectivity index (χ4n) is 1.89. The van der Waals surface area contributed by atoms with Crippen LogP contribution in [-0.2, 0) is 9.59 Å². The van der Waals surface area contributed by atoms with Gasteiger partial charge in [0.1, 0.15) is 5.75 Å². The van der Waals surface area contributed by atoms with Crippen LogP contribution in [0.4, 0.5) is 0 Å². The first-order chi connectivity index (χ1) is 10.6. The van der Waals surface area contributed by atoms with Crippen LogP contribution in [0.1, 0.15) is 32.1 Å². The molecular weight excluding hydrogens is 302 g/mol. The summed E-state index contributed by atoms with van der Waals surface area (Å²) in [7, 11) is 1.64. The number of carboxylic acid groups (broad SMARTS) is 1. The van der Waals surface area contributed by atoms with Crippen LogP contribution in [0.3, 0.4) is 0 Å². The third kappa shape index (κ3) is 7.93. The smallest absolute Gasteiger partial charge is 0.303 e. The second kappa shape index (κ2) is 11.0. The zero-order valence-electron chi connectivity index (χ0n) is 12.8. The molecule has 5 nitrogen and oxygen atoms in total. The number of hydrogen-bond donors (Lipinski definition) is 2. The Labute approximate surface area is 135 Å². The molecule has 1 amide bonds. The molecule has 0 heterocycles. The van der Waals surface area contributed by atoms with Gasteiger partial charge in [-0.15, -0.1) is 11.8 Å². The van der Waals surface area contributed by atoms with Gasteiger partial charge in [0.25, 0.3) is 0 Å². The molecule has 0 saturated carbocycles. The molecule has 122 valence electrons. The largest absolute Gasteiger partial charge is 0.496 e. The third-order valence-corrected chi connectivity index (χ3v) is 4.10. The highest BCUT2D eigenvalue weighted by Crippen LogP contribution is 2.28. The summed E-state index contributed by atoms with van der Waals surface area (Å²) in [5.41, 5.74) is 0. The van der Waals surface area contributed by atoms with Crippen molar-refractivity contribution in [3.63, 3.8) is 0 Å². The summed E-state index contributed by atoms with van der Waals surface area (Å²) in [5.74, 6) is 0.787. The van der Waals surface area contributed by atoms with E-state index in [9.17, 15) is 9.59 Å². The number of benzene rings is 1. The Morgan fingerprint density at radius 1 is 1.18 bits per heavy atom. The van der Waals surface area contributed by atoms with Crippen LogP contribution in [-0.4, -0.2) is 36.4 Å². The number of unbranched alkanes of at least 4 members (excludes halogenated alkanes) is 2. The van der Waals surface area contributed by atoms with Gasteiger partial charge in [0, 0.05) is 30.0 Å². The molecule has 0 spiro atoms. The number of amides is 1. The summed E-state index contributed by atoms with van der Waals surface area (Å²) < 4.78 is 5.26. The fourth-order valence-corrected chi connectivity index (χ4v) is 2.86. The number of nitrogens with one attached hydrogen (secondary N) is 1. The molecule has 1 rings (SSSR count). The van der Waals surface area contributed by atoms with E-state index in [4.69, 9.17) is 9.84 Å². The third-order valence-electron chi connectivity index (χ3n) is 3.05. The molecule has 2 N–H and O–H groups in total. The van der Waals surface area contributed by atoms with Gasteiger partial charge in [0.15, 0.2) is 0 Å². The molecule has 1 aromatic rings. The van der Waals surface area contributed by atoms with E-state index in [1.807, 2.05) is 24.3 Å². The first-order valence-corrected chi connectivity index (χ1v) is 8.36. The van der Waals surface area contributed by atoms with Gasteiger partial charge in [-0.25, -0.2) is 0 Å². The van der Waals surface area contributed by atoms with Gasteiger partial charge in [-0.05, 0) is 25.0 Å². The SMILES string of the molecule is COc1ccccc1SCCC(=O)NCCCCCC(=O)O. The van der Waals surface area contributed by atoms with Crippen molar-refractivity contribution in [2.24, 2.45) is 0 Å². The van der Waals surface area contributed by atoms with Gasteiger partial charge in [-0.1, -0.05) is 18.6 Å². The first-order valence-electron chi connectivity index (χ1n) is 7.38. The molecule has 0 atom stereocenters. The number of hydrogen-bond acceptors (Lipinski definition) is 4. The Kier molecular flexibility index (Phi) is 9.14. The van der Waals surface area contributed by atoms with Crippen LogP contribution in [0.25, 0.3) is 0 Å². The van der Waals surface area contributed by atoms with Crippen LogP contribution in [0.2, 0.25) is 0 Å². The number of carbonyl (C=O) groups excluding carboxylic acids is 1. The number of thioether (sulfide) groups is 1. The van der Waals surface area contributed by atoms with Crippen LogP contribution >= 0.6 is 11.8 Å². The van der Waals surface area contributed by atoms with Crippen LogP contribution in [0.15, 0.2) is 29.2 Å². The van der Waals surface area contributed by atoms with E-state index in [0.29, 0.717) is 25.1 Å². The molecule has 0 bridgehead atoms. The Morgan fingerprint density at radius 3 is 2.68 bits per heavy atom. The van der Waals surface area contributed by atoms with Gasteiger partial charge >= 0.3 is 5.97 Å². The summed E-state index contributed by atoms with van der Waals surface area (Å²) >= 11 is 1.60. The van der Waals surface area contributed by atoms with Crippen molar-refractivity contribution in [2.75, 3.05) is 19.4 Å². The number of carboxylic acids is 1. The Hall–Kier alpha value is -1.69. The van der Waals surface area contributed by atoms with Crippen molar-refractivity contribution < 1.29 is 19.4 Å². The lowest BCUT2D eigenvalue weighted by Crippen LogP contribution is -2.24. The molecule has 0 unspecified atom stereocenters. The molecule has 0 radical (unpaired) electrons. The lowest BCUT2D eigenvalue weighted by molar-refractivity contribution is -0.137. The van der Waals surface area contributed by atoms with Gasteiger partial charge in [-0.3, -0.25) is 9.59 Å². The number of carbonyl (C=O) groups is 2. The summed E-state index contributed by atoms with van der Waals surface area (Å²) in [4.78, 5) is 23.1. The van der Waals surface area contributed by atoms with E-state index < -0.39 is 5.97 Å². The average molecular weight is 325 g/mol. The Bertz CT molecular complexity index is 479. The van der Waals surface area contributed by atoms with Crippen LogP contribution in [0, 0.1) is 0 Å². The number of ether oxygens (including phenoxy) is 1. The normalized spacial score (nSPS) is 10.2. The predicted molar refractivity (Wildman–Crippen MR) is 87.4 cm³/mol. The highest BCUT2D eigenvalue weighted by molar-refractivity contribution is 7.99. The maximum atomic E-state index is 11.7. The van der Waals surface area contributed by atoms with E-state index in [2.05, 4.69) is 5.32 Å². The number of para-hydroxylation sites is 1. The Morgan fingerprint density at radius 2 is 1.95 bits per heavy atom. The van der Waals surface area contributed by atoms with Crippen molar-refractivity contribution in [1.82, 2.24) is 5.32 Å². The van der Waals surface area contributed by atoms with Crippen molar-refractivity contribution in [3.8, 4) is 5.75 Å². The molecule has 0 aromatic heterocycles. The van der Waals surface area contributed by atoms with Gasteiger partial charge in [0.05, 0.1) is 7.11 Å². The quantitative estimate of drug-likeness (QED) is 0.483. The van der Waals surface area contributed by atoms with Crippen molar-refractivity contribution in [1.29, 1.82) is 0 Å². The highest BCUT2D eigenvalue weighted by Gasteiger charge is 2.05. The fraction of sp³-hybridized carbons (Fsp3) is 0.500. The maximum Gasteiger partial charge on any atom is 0.303 e. The maximum absolute atomic E-state index is 11.7. The van der Waals surface area contributed by atoms with E-state index in [1.54, 1.807) is 18.9 Å². The molecule has 1 aromatic carbocycles. The average Bonchev–Trinajstić information content (AvgIpc) is 2.51. The van der Waals surface area contributed by atoms with Gasteiger partial charge < -0.3 is 15.2 Å². The highest BCUT2D eigenvalue weighted by atomic mass is 32.2. The van der Waals surface area contributed by atoms with Gasteiger partial charge in [-0.2, -0.15) is 0 Å². The van der Waals surface area contributed by atoms with E-state index in [-0.39, 0.29) is 12.3 Å². The minimum absolute atomic E-state index is 0.0284. The van der Waals surface area contributed by atoms with Gasteiger partial charge in [0.2, 0.25) is 5.91 Å². The summed E-state index contributed by atoms with van der Waals surface area (Å²) in [6, 6.07) is 7.74. The first kappa shape index (κ1) is 18.4. The summed E-state index contributed by atoms with van der Waals surface area (Å²) in [6.07, 6.45) is 2.96. The monoisotopic (exact) mass is 325 g/mol. The van der Waals surface area contributed by atoms with Crippen LogP contribution < -0.4 is 10.1 Å². The molecule has 0 saturated heterocycles. The molecule has 0 aliphatic rings. The predicted octanol–water partition coefficient (Wildman–Crippen LogP) is 2.94. The number of methoxy groups -OCH3 is 1. The van der Waals surface area contributed by atoms with E-state index >= 15 is 0 Å². The lowest BCUT2D eigenvalue weighted by atomic mass is 10.2. The number of rotatable bonds is 11.